The minimum absolute atomic E-state index is 0.217. The van der Waals surface area contributed by atoms with Gasteiger partial charge in [0.25, 0.3) is 5.69 Å². The number of nitro benzene ring substituents is 1. The van der Waals surface area contributed by atoms with Crippen LogP contribution in [0.4, 0.5) is 15.8 Å². The summed E-state index contributed by atoms with van der Waals surface area (Å²) in [6.45, 7) is 3.50. The van der Waals surface area contributed by atoms with Gasteiger partial charge in [-0.25, -0.2) is 9.37 Å². The number of benzene rings is 1. The van der Waals surface area contributed by atoms with Gasteiger partial charge >= 0.3 is 0 Å². The van der Waals surface area contributed by atoms with Crippen molar-refractivity contribution in [3.63, 3.8) is 0 Å². The maximum Gasteiger partial charge on any atom is 0.295 e. The number of halogens is 1. The number of rotatable bonds is 4. The van der Waals surface area contributed by atoms with E-state index >= 15 is 0 Å². The SMILES string of the molecule is Cc1cnc(C(C)Nc2ccc(F)cc2[N+](=O)[O-])o1. The molecule has 100 valence electrons. The maximum atomic E-state index is 13.0. The zero-order chi connectivity index (χ0) is 14.0. The molecule has 1 unspecified atom stereocenters. The zero-order valence-electron chi connectivity index (χ0n) is 10.4. The Labute approximate surface area is 108 Å². The third-order valence-electron chi connectivity index (χ3n) is 2.54. The average Bonchev–Trinajstić information content (AvgIpc) is 2.78. The summed E-state index contributed by atoms with van der Waals surface area (Å²) >= 11 is 0. The Hall–Kier alpha value is -2.44. The Balaban J connectivity index is 2.26. The van der Waals surface area contributed by atoms with Crippen LogP contribution in [0.25, 0.3) is 0 Å². The predicted molar refractivity (Wildman–Crippen MR) is 66.3 cm³/mol. The summed E-state index contributed by atoms with van der Waals surface area (Å²) in [6, 6.07) is 2.98. The lowest BCUT2D eigenvalue weighted by atomic mass is 10.2. The van der Waals surface area contributed by atoms with Gasteiger partial charge < -0.3 is 9.73 Å². The van der Waals surface area contributed by atoms with Crippen molar-refractivity contribution in [2.45, 2.75) is 19.9 Å². The number of hydrogen-bond acceptors (Lipinski definition) is 5. The van der Waals surface area contributed by atoms with E-state index in [-0.39, 0.29) is 17.4 Å². The Morgan fingerprint density at radius 3 is 2.84 bits per heavy atom. The van der Waals surface area contributed by atoms with Crippen LogP contribution in [0.5, 0.6) is 0 Å². The molecule has 0 spiro atoms. The molecule has 0 amide bonds. The highest BCUT2D eigenvalue weighted by atomic mass is 19.1. The van der Waals surface area contributed by atoms with Crippen molar-refractivity contribution in [2.24, 2.45) is 0 Å². The van der Waals surface area contributed by atoms with Gasteiger partial charge in [0.1, 0.15) is 23.3 Å². The number of aromatic nitrogens is 1. The normalized spacial score (nSPS) is 12.2. The van der Waals surface area contributed by atoms with E-state index in [1.807, 2.05) is 0 Å². The molecule has 2 aromatic rings. The molecule has 7 heteroatoms. The highest BCUT2D eigenvalue weighted by Crippen LogP contribution is 2.28. The van der Waals surface area contributed by atoms with Gasteiger partial charge in [-0.15, -0.1) is 0 Å². The van der Waals surface area contributed by atoms with Crippen LogP contribution in [0, 0.1) is 22.9 Å². The molecule has 0 aliphatic rings. The quantitative estimate of drug-likeness (QED) is 0.678. The third-order valence-corrected chi connectivity index (χ3v) is 2.54. The molecule has 6 nitrogen and oxygen atoms in total. The fraction of sp³-hybridized carbons (Fsp3) is 0.250. The molecule has 0 saturated carbocycles. The Kier molecular flexibility index (Phi) is 3.46. The highest BCUT2D eigenvalue weighted by Gasteiger charge is 2.19. The fourth-order valence-electron chi connectivity index (χ4n) is 1.65. The fourth-order valence-corrected chi connectivity index (χ4v) is 1.65. The first kappa shape index (κ1) is 13.0. The summed E-state index contributed by atoms with van der Waals surface area (Å²) in [4.78, 5) is 14.2. The minimum atomic E-state index is -0.656. The van der Waals surface area contributed by atoms with Crippen molar-refractivity contribution < 1.29 is 13.7 Å². The van der Waals surface area contributed by atoms with Crippen LogP contribution in [0.3, 0.4) is 0 Å². The lowest BCUT2D eigenvalue weighted by Gasteiger charge is -2.12. The molecule has 0 radical (unpaired) electrons. The molecule has 1 aromatic carbocycles. The lowest BCUT2D eigenvalue weighted by Crippen LogP contribution is -2.08. The molecule has 1 atom stereocenters. The second-order valence-electron chi connectivity index (χ2n) is 4.09. The minimum Gasteiger partial charge on any atom is -0.444 e. The summed E-state index contributed by atoms with van der Waals surface area (Å²) in [5, 5.41) is 13.7. The van der Waals surface area contributed by atoms with Crippen LogP contribution in [0.1, 0.15) is 24.6 Å². The maximum absolute atomic E-state index is 13.0. The average molecular weight is 265 g/mol. The second-order valence-corrected chi connectivity index (χ2v) is 4.09. The van der Waals surface area contributed by atoms with Gasteiger partial charge in [-0.05, 0) is 26.0 Å². The standard InChI is InChI=1S/C12H12FN3O3/c1-7-6-14-12(19-7)8(2)15-10-4-3-9(13)5-11(10)16(17)18/h3-6,8,15H,1-2H3. The molecule has 1 N–H and O–H groups in total. The van der Waals surface area contributed by atoms with Crippen molar-refractivity contribution in [3.05, 3.63) is 52.0 Å². The zero-order valence-corrected chi connectivity index (χ0v) is 10.4. The number of nitrogens with zero attached hydrogens (tertiary/aromatic N) is 2. The van der Waals surface area contributed by atoms with E-state index in [4.69, 9.17) is 4.42 Å². The first-order valence-corrected chi connectivity index (χ1v) is 5.60. The molecule has 0 saturated heterocycles. The van der Waals surface area contributed by atoms with E-state index in [0.717, 1.165) is 12.1 Å². The molecule has 0 fully saturated rings. The first-order chi connectivity index (χ1) is 8.97. The topological polar surface area (TPSA) is 81.2 Å². The second kappa shape index (κ2) is 5.05. The highest BCUT2D eigenvalue weighted by molar-refractivity contribution is 5.61. The Morgan fingerprint density at radius 2 is 2.26 bits per heavy atom. The molecule has 19 heavy (non-hydrogen) atoms. The first-order valence-electron chi connectivity index (χ1n) is 5.60. The number of anilines is 1. The van der Waals surface area contributed by atoms with E-state index in [1.165, 1.54) is 6.07 Å². The smallest absolute Gasteiger partial charge is 0.295 e. The van der Waals surface area contributed by atoms with Gasteiger partial charge in [0.15, 0.2) is 0 Å². The van der Waals surface area contributed by atoms with E-state index in [0.29, 0.717) is 11.7 Å². The molecular weight excluding hydrogens is 253 g/mol. The molecule has 2 rings (SSSR count). The van der Waals surface area contributed by atoms with Crippen molar-refractivity contribution in [1.29, 1.82) is 0 Å². The van der Waals surface area contributed by atoms with E-state index in [2.05, 4.69) is 10.3 Å². The van der Waals surface area contributed by atoms with E-state index in [1.54, 1.807) is 20.0 Å². The molecule has 0 aliphatic carbocycles. The van der Waals surface area contributed by atoms with Gasteiger partial charge in [0, 0.05) is 0 Å². The van der Waals surface area contributed by atoms with Gasteiger partial charge in [-0.1, -0.05) is 0 Å². The van der Waals surface area contributed by atoms with Gasteiger partial charge in [0.2, 0.25) is 5.89 Å². The van der Waals surface area contributed by atoms with Crippen LogP contribution in [0.15, 0.2) is 28.8 Å². The van der Waals surface area contributed by atoms with Crippen LogP contribution in [0.2, 0.25) is 0 Å². The van der Waals surface area contributed by atoms with Crippen molar-refractivity contribution >= 4 is 11.4 Å². The molecular formula is C12H12FN3O3. The van der Waals surface area contributed by atoms with Crippen molar-refractivity contribution in [2.75, 3.05) is 5.32 Å². The summed E-state index contributed by atoms with van der Waals surface area (Å²) < 4.78 is 18.3. The molecule has 0 bridgehead atoms. The summed E-state index contributed by atoms with van der Waals surface area (Å²) in [7, 11) is 0. The number of nitro groups is 1. The van der Waals surface area contributed by atoms with Crippen LogP contribution < -0.4 is 5.32 Å². The monoisotopic (exact) mass is 265 g/mol. The van der Waals surface area contributed by atoms with Gasteiger partial charge in [-0.2, -0.15) is 0 Å². The summed E-state index contributed by atoms with van der Waals surface area (Å²) in [5.74, 6) is 0.408. The van der Waals surface area contributed by atoms with Gasteiger partial charge in [-0.3, -0.25) is 10.1 Å². The van der Waals surface area contributed by atoms with E-state index < -0.39 is 10.7 Å². The van der Waals surface area contributed by atoms with Gasteiger partial charge in [0.05, 0.1) is 17.2 Å². The number of hydrogen-bond donors (Lipinski definition) is 1. The summed E-state index contributed by atoms with van der Waals surface area (Å²) in [6.07, 6.45) is 1.56. The van der Waals surface area contributed by atoms with Crippen LogP contribution in [-0.4, -0.2) is 9.91 Å². The summed E-state index contributed by atoms with van der Waals surface area (Å²) in [5.41, 5.74) is -0.107. The third kappa shape index (κ3) is 2.87. The van der Waals surface area contributed by atoms with Crippen molar-refractivity contribution in [1.82, 2.24) is 4.98 Å². The number of nitrogens with one attached hydrogen (secondary N) is 1. The van der Waals surface area contributed by atoms with E-state index in [9.17, 15) is 14.5 Å². The Morgan fingerprint density at radius 1 is 1.53 bits per heavy atom. The van der Waals surface area contributed by atoms with Crippen molar-refractivity contribution in [3.8, 4) is 0 Å². The number of oxazole rings is 1. The lowest BCUT2D eigenvalue weighted by molar-refractivity contribution is -0.384. The largest absolute Gasteiger partial charge is 0.444 e. The predicted octanol–water partition coefficient (Wildman–Crippen LogP) is 3.20. The Bertz CT molecular complexity index is 612. The van der Waals surface area contributed by atoms with Crippen LogP contribution >= 0.6 is 0 Å². The number of aryl methyl sites for hydroxylation is 1. The molecule has 1 heterocycles. The van der Waals surface area contributed by atoms with Crippen LogP contribution in [-0.2, 0) is 0 Å². The molecule has 0 aliphatic heterocycles. The molecule has 1 aromatic heterocycles.